The summed E-state index contributed by atoms with van der Waals surface area (Å²) in [5.74, 6) is 0. The highest BCUT2D eigenvalue weighted by atomic mass is 14.9. The van der Waals surface area contributed by atoms with Gasteiger partial charge in [0.2, 0.25) is 0 Å². The summed E-state index contributed by atoms with van der Waals surface area (Å²) in [4.78, 5) is 0. The topological polar surface area (TPSA) is 35.8 Å². The first-order chi connectivity index (χ1) is 14.6. The van der Waals surface area contributed by atoms with Crippen LogP contribution in [0.1, 0.15) is 49.1 Å². The number of hydrogen-bond acceptors (Lipinski definition) is 2. The van der Waals surface area contributed by atoms with Crippen LogP contribution in [0.2, 0.25) is 0 Å². The van der Waals surface area contributed by atoms with Crippen molar-refractivity contribution in [1.29, 1.82) is 5.26 Å². The Morgan fingerprint density at radius 2 is 1.63 bits per heavy atom. The van der Waals surface area contributed by atoms with Crippen molar-refractivity contribution < 1.29 is 0 Å². The first-order valence-corrected chi connectivity index (χ1v) is 10.4. The number of nitrogens with one attached hydrogen (secondary N) is 1. The zero-order valence-corrected chi connectivity index (χ0v) is 18.3. The number of nitrogens with zero attached hydrogens (tertiary/aromatic N) is 1. The molecule has 0 aromatic heterocycles. The van der Waals surface area contributed by atoms with Crippen molar-refractivity contribution in [3.8, 4) is 6.07 Å². The van der Waals surface area contributed by atoms with Gasteiger partial charge in [0, 0.05) is 5.69 Å². The summed E-state index contributed by atoms with van der Waals surface area (Å²) in [7, 11) is 0. The van der Waals surface area contributed by atoms with E-state index in [1.165, 1.54) is 11.1 Å². The second kappa shape index (κ2) is 11.4. The quantitative estimate of drug-likeness (QED) is 0.435. The third kappa shape index (κ3) is 5.49. The van der Waals surface area contributed by atoms with Crippen LogP contribution in [0.3, 0.4) is 0 Å². The van der Waals surface area contributed by atoms with E-state index in [9.17, 15) is 5.26 Å². The first kappa shape index (κ1) is 22.7. The lowest BCUT2D eigenvalue weighted by molar-refractivity contribution is 0.947. The molecule has 0 amide bonds. The molecule has 0 aliphatic heterocycles. The lowest BCUT2D eigenvalue weighted by Crippen LogP contribution is -2.14. The van der Waals surface area contributed by atoms with E-state index in [2.05, 4.69) is 67.4 Å². The van der Waals surface area contributed by atoms with E-state index < -0.39 is 0 Å². The molecule has 1 N–H and O–H groups in total. The summed E-state index contributed by atoms with van der Waals surface area (Å²) in [6.45, 7) is 12.6. The Kier molecular flexibility index (Phi) is 8.66. The van der Waals surface area contributed by atoms with Gasteiger partial charge < -0.3 is 5.32 Å². The average molecular weight is 395 g/mol. The summed E-state index contributed by atoms with van der Waals surface area (Å²) < 4.78 is 0. The van der Waals surface area contributed by atoms with E-state index in [4.69, 9.17) is 0 Å². The summed E-state index contributed by atoms with van der Waals surface area (Å²) in [5.41, 5.74) is 7.17. The fraction of sp³-hybridized carbons (Fsp3) is 0.179. The number of benzene rings is 3. The molecule has 0 saturated carbocycles. The number of aryl methyl sites for hydroxylation is 1. The van der Waals surface area contributed by atoms with Gasteiger partial charge in [-0.15, -0.1) is 0 Å². The van der Waals surface area contributed by atoms with Gasteiger partial charge in [0.05, 0.1) is 17.7 Å². The Balaban J connectivity index is 0.00000155. The Morgan fingerprint density at radius 1 is 0.967 bits per heavy atom. The van der Waals surface area contributed by atoms with Crippen LogP contribution < -0.4 is 5.32 Å². The molecule has 3 aromatic rings. The molecule has 3 aromatic carbocycles. The molecule has 3 rings (SSSR count). The summed E-state index contributed by atoms with van der Waals surface area (Å²) >= 11 is 0. The van der Waals surface area contributed by atoms with Gasteiger partial charge in [-0.1, -0.05) is 87.2 Å². The lowest BCUT2D eigenvalue weighted by Gasteiger charge is -2.25. The standard InChI is InChI=1S/C26H24N2.C2H6/c1-4-24(25-16-9-8-11-19(25)2)20(3)26(22-13-6-5-7-14-22)28-23-15-10-12-21(17-23)18-27;1-2/h4-17,26,28H,3H2,1-2H3;1-2H3/b24-4-;. The SMILES string of the molecule is C=C(/C(=C/C)c1ccccc1C)C(Nc1cccc(C#N)c1)c1ccccc1.CC. The molecule has 0 fully saturated rings. The molecule has 152 valence electrons. The van der Waals surface area contributed by atoms with E-state index in [1.54, 1.807) is 0 Å². The van der Waals surface area contributed by atoms with Gasteiger partial charge in [0.1, 0.15) is 0 Å². The Morgan fingerprint density at radius 3 is 2.27 bits per heavy atom. The average Bonchev–Trinajstić information content (AvgIpc) is 2.81. The molecule has 2 nitrogen and oxygen atoms in total. The maximum absolute atomic E-state index is 9.22. The van der Waals surface area contributed by atoms with Crippen LogP contribution in [0.15, 0.2) is 97.1 Å². The van der Waals surface area contributed by atoms with Crippen molar-refractivity contribution in [3.63, 3.8) is 0 Å². The third-order valence-corrected chi connectivity index (χ3v) is 4.85. The number of nitriles is 1. The van der Waals surface area contributed by atoms with Crippen LogP contribution in [0.4, 0.5) is 5.69 Å². The molecule has 0 bridgehead atoms. The number of hydrogen-bond donors (Lipinski definition) is 1. The maximum Gasteiger partial charge on any atom is 0.0992 e. The molecular weight excluding hydrogens is 364 g/mol. The molecule has 2 heteroatoms. The van der Waals surface area contributed by atoms with Crippen molar-refractivity contribution in [3.05, 3.63) is 119 Å². The smallest absolute Gasteiger partial charge is 0.0992 e. The van der Waals surface area contributed by atoms with Crippen LogP contribution in [0, 0.1) is 18.3 Å². The first-order valence-electron chi connectivity index (χ1n) is 10.4. The predicted octanol–water partition coefficient (Wildman–Crippen LogP) is 7.71. The summed E-state index contributed by atoms with van der Waals surface area (Å²) in [6.07, 6.45) is 2.12. The van der Waals surface area contributed by atoms with Crippen molar-refractivity contribution in [1.82, 2.24) is 0 Å². The number of allylic oxidation sites excluding steroid dienone is 1. The maximum atomic E-state index is 9.22. The van der Waals surface area contributed by atoms with E-state index in [0.717, 1.165) is 22.4 Å². The van der Waals surface area contributed by atoms with Gasteiger partial charge in [0.15, 0.2) is 0 Å². The Labute approximate surface area is 181 Å². The Bertz CT molecular complexity index is 1040. The minimum Gasteiger partial charge on any atom is -0.374 e. The monoisotopic (exact) mass is 394 g/mol. The van der Waals surface area contributed by atoms with E-state index in [0.29, 0.717) is 5.56 Å². The van der Waals surface area contributed by atoms with Crippen molar-refractivity contribution >= 4 is 11.3 Å². The fourth-order valence-corrected chi connectivity index (χ4v) is 3.41. The summed E-state index contributed by atoms with van der Waals surface area (Å²) in [5, 5.41) is 12.8. The van der Waals surface area contributed by atoms with Gasteiger partial charge in [-0.2, -0.15) is 5.26 Å². The normalized spacial score (nSPS) is 11.5. The Hall–Kier alpha value is -3.57. The van der Waals surface area contributed by atoms with E-state index in [-0.39, 0.29) is 6.04 Å². The second-order valence-corrected chi connectivity index (χ2v) is 6.72. The lowest BCUT2D eigenvalue weighted by atomic mass is 9.88. The summed E-state index contributed by atoms with van der Waals surface area (Å²) in [6, 6.07) is 28.3. The van der Waals surface area contributed by atoms with Crippen LogP contribution >= 0.6 is 0 Å². The molecule has 0 spiro atoms. The van der Waals surface area contributed by atoms with Crippen LogP contribution in [0.5, 0.6) is 0 Å². The van der Waals surface area contributed by atoms with Crippen LogP contribution in [-0.2, 0) is 0 Å². The van der Waals surface area contributed by atoms with Crippen molar-refractivity contribution in [2.75, 3.05) is 5.32 Å². The molecule has 0 aliphatic rings. The molecule has 0 saturated heterocycles. The van der Waals surface area contributed by atoms with Gasteiger partial charge in [0.25, 0.3) is 0 Å². The molecule has 30 heavy (non-hydrogen) atoms. The molecule has 1 unspecified atom stereocenters. The molecule has 1 atom stereocenters. The third-order valence-electron chi connectivity index (χ3n) is 4.85. The highest BCUT2D eigenvalue weighted by Gasteiger charge is 2.20. The molecular formula is C28H30N2. The van der Waals surface area contributed by atoms with E-state index >= 15 is 0 Å². The zero-order valence-electron chi connectivity index (χ0n) is 18.3. The van der Waals surface area contributed by atoms with Crippen LogP contribution in [0.25, 0.3) is 5.57 Å². The number of rotatable bonds is 6. The number of anilines is 1. The van der Waals surface area contributed by atoms with Gasteiger partial charge >= 0.3 is 0 Å². The van der Waals surface area contributed by atoms with Gasteiger partial charge in [-0.05, 0) is 59.9 Å². The van der Waals surface area contributed by atoms with Crippen molar-refractivity contribution in [2.45, 2.75) is 33.7 Å². The van der Waals surface area contributed by atoms with E-state index in [1.807, 2.05) is 63.2 Å². The zero-order chi connectivity index (χ0) is 21.9. The van der Waals surface area contributed by atoms with Crippen molar-refractivity contribution in [2.24, 2.45) is 0 Å². The second-order valence-electron chi connectivity index (χ2n) is 6.72. The minimum atomic E-state index is -0.110. The minimum absolute atomic E-state index is 0.110. The highest BCUT2D eigenvalue weighted by molar-refractivity contribution is 5.82. The predicted molar refractivity (Wildman–Crippen MR) is 129 cm³/mol. The van der Waals surface area contributed by atoms with Gasteiger partial charge in [-0.25, -0.2) is 0 Å². The molecule has 0 radical (unpaired) electrons. The highest BCUT2D eigenvalue weighted by Crippen LogP contribution is 2.35. The molecule has 0 heterocycles. The van der Waals surface area contributed by atoms with Crippen LogP contribution in [-0.4, -0.2) is 0 Å². The molecule has 0 aliphatic carbocycles. The van der Waals surface area contributed by atoms with Gasteiger partial charge in [-0.3, -0.25) is 0 Å². The largest absolute Gasteiger partial charge is 0.374 e. The fourth-order valence-electron chi connectivity index (χ4n) is 3.41.